The van der Waals surface area contributed by atoms with E-state index in [-0.39, 0.29) is 30.0 Å². The second-order valence-corrected chi connectivity index (χ2v) is 9.53. The minimum atomic E-state index is -0.818. The Labute approximate surface area is 217 Å². The molecule has 0 atom stereocenters. The average molecular weight is 513 g/mol. The molecule has 0 N–H and O–H groups in total. The van der Waals surface area contributed by atoms with E-state index in [4.69, 9.17) is 14.2 Å². The van der Waals surface area contributed by atoms with Crippen molar-refractivity contribution in [1.82, 2.24) is 0 Å². The molecule has 0 aliphatic heterocycles. The van der Waals surface area contributed by atoms with Crippen LogP contribution in [0.2, 0.25) is 0 Å². The molecule has 1 aliphatic rings. The number of hydrogen-bond acceptors (Lipinski definition) is 3. The largest absolute Gasteiger partial charge is 0.494 e. The third kappa shape index (κ3) is 6.86. The second-order valence-electron chi connectivity index (χ2n) is 9.53. The van der Waals surface area contributed by atoms with Crippen LogP contribution in [0.5, 0.6) is 11.5 Å². The van der Waals surface area contributed by atoms with Crippen LogP contribution in [0.15, 0.2) is 54.6 Å². The van der Waals surface area contributed by atoms with E-state index in [9.17, 15) is 4.39 Å². The predicted octanol–water partition coefficient (Wildman–Crippen LogP) is 8.59. The van der Waals surface area contributed by atoms with Gasteiger partial charge < -0.3 is 14.2 Å². The first-order valence-electron chi connectivity index (χ1n) is 13.2. The summed E-state index contributed by atoms with van der Waals surface area (Å²) in [5.41, 5.74) is 1.76. The zero-order chi connectivity index (χ0) is 26.2. The van der Waals surface area contributed by atoms with Gasteiger partial charge in [-0.05, 0) is 74.3 Å². The van der Waals surface area contributed by atoms with Crippen molar-refractivity contribution >= 4 is 0 Å². The van der Waals surface area contributed by atoms with Crippen LogP contribution in [-0.4, -0.2) is 19.3 Å². The highest BCUT2D eigenvalue weighted by Crippen LogP contribution is 2.38. The molecule has 1 saturated carbocycles. The zero-order valence-electron chi connectivity index (χ0n) is 21.6. The van der Waals surface area contributed by atoms with Crippen LogP contribution in [0.3, 0.4) is 0 Å². The van der Waals surface area contributed by atoms with Gasteiger partial charge in [0.2, 0.25) is 0 Å². The van der Waals surface area contributed by atoms with Crippen LogP contribution in [-0.2, 0) is 11.3 Å². The molecular formula is C31H35F3O3. The van der Waals surface area contributed by atoms with Crippen molar-refractivity contribution in [3.05, 3.63) is 83.2 Å². The van der Waals surface area contributed by atoms with Crippen molar-refractivity contribution in [2.45, 2.75) is 71.0 Å². The topological polar surface area (TPSA) is 27.7 Å². The third-order valence-electron chi connectivity index (χ3n) is 6.97. The SMILES string of the molecule is CCCCOc1ccc(-c2ccc(C3CCC(OCc4ccc(OCC)cc4F)CC3)c(F)c2F)cc1. The molecule has 0 heterocycles. The highest BCUT2D eigenvalue weighted by atomic mass is 19.2. The van der Waals surface area contributed by atoms with Crippen LogP contribution in [0, 0.1) is 17.5 Å². The normalized spacial score (nSPS) is 17.5. The molecule has 198 valence electrons. The van der Waals surface area contributed by atoms with Crippen molar-refractivity contribution in [3.8, 4) is 22.6 Å². The summed E-state index contributed by atoms with van der Waals surface area (Å²) < 4.78 is 61.4. The molecule has 37 heavy (non-hydrogen) atoms. The standard InChI is InChI=1S/C31H35F3O3/c1-3-5-18-36-24-11-6-21(7-12-24)27-16-17-28(31(34)30(27)33)22-8-13-25(14-9-22)37-20-23-10-15-26(35-4-2)19-29(23)32/h6-7,10-12,15-17,19,22,25H,3-5,8-9,13-14,18,20H2,1-2H3. The quantitative estimate of drug-likeness (QED) is 0.241. The Bertz CT molecular complexity index is 1160. The van der Waals surface area contributed by atoms with Crippen LogP contribution >= 0.6 is 0 Å². The summed E-state index contributed by atoms with van der Waals surface area (Å²) in [7, 11) is 0. The summed E-state index contributed by atoms with van der Waals surface area (Å²) in [5.74, 6) is -0.795. The maximum Gasteiger partial charge on any atom is 0.166 e. The number of rotatable bonds is 11. The van der Waals surface area contributed by atoms with E-state index in [0.717, 1.165) is 18.6 Å². The van der Waals surface area contributed by atoms with Crippen LogP contribution in [0.25, 0.3) is 11.1 Å². The first-order valence-corrected chi connectivity index (χ1v) is 13.2. The van der Waals surface area contributed by atoms with Gasteiger partial charge >= 0.3 is 0 Å². The molecule has 0 radical (unpaired) electrons. The van der Waals surface area contributed by atoms with E-state index in [0.29, 0.717) is 61.3 Å². The van der Waals surface area contributed by atoms with E-state index in [2.05, 4.69) is 6.92 Å². The molecule has 4 rings (SSSR count). The number of unbranched alkanes of at least 4 members (excludes halogenated alkanes) is 1. The van der Waals surface area contributed by atoms with Gasteiger partial charge in [0.15, 0.2) is 11.6 Å². The summed E-state index contributed by atoms with van der Waals surface area (Å²) in [5, 5.41) is 0. The fraction of sp³-hybridized carbons (Fsp3) is 0.419. The summed E-state index contributed by atoms with van der Waals surface area (Å²) in [6.45, 7) is 5.24. The molecule has 0 unspecified atom stereocenters. The monoisotopic (exact) mass is 512 g/mol. The molecule has 1 aliphatic carbocycles. The van der Waals surface area contributed by atoms with Gasteiger partial charge in [0.1, 0.15) is 17.3 Å². The first kappa shape index (κ1) is 27.1. The molecular weight excluding hydrogens is 477 g/mol. The maximum atomic E-state index is 15.1. The minimum Gasteiger partial charge on any atom is -0.494 e. The van der Waals surface area contributed by atoms with Crippen molar-refractivity contribution in [2.75, 3.05) is 13.2 Å². The summed E-state index contributed by atoms with van der Waals surface area (Å²) in [6, 6.07) is 15.3. The molecule has 1 fully saturated rings. The van der Waals surface area contributed by atoms with E-state index in [1.54, 1.807) is 48.5 Å². The number of halogens is 3. The fourth-order valence-corrected chi connectivity index (χ4v) is 4.82. The highest BCUT2D eigenvalue weighted by Gasteiger charge is 2.27. The zero-order valence-corrected chi connectivity index (χ0v) is 21.6. The van der Waals surface area contributed by atoms with Gasteiger partial charge in [-0.3, -0.25) is 0 Å². The third-order valence-corrected chi connectivity index (χ3v) is 6.97. The first-order chi connectivity index (χ1) is 18.0. The van der Waals surface area contributed by atoms with E-state index < -0.39 is 11.6 Å². The van der Waals surface area contributed by atoms with Gasteiger partial charge in [0.05, 0.1) is 25.9 Å². The highest BCUT2D eigenvalue weighted by molar-refractivity contribution is 5.65. The van der Waals surface area contributed by atoms with Crippen molar-refractivity contribution in [1.29, 1.82) is 0 Å². The van der Waals surface area contributed by atoms with Crippen LogP contribution in [0.4, 0.5) is 13.2 Å². The summed E-state index contributed by atoms with van der Waals surface area (Å²) in [4.78, 5) is 0. The summed E-state index contributed by atoms with van der Waals surface area (Å²) >= 11 is 0. The number of hydrogen-bond donors (Lipinski definition) is 0. The molecule has 0 amide bonds. The molecule has 0 aromatic heterocycles. The second kappa shape index (κ2) is 13.0. The fourth-order valence-electron chi connectivity index (χ4n) is 4.82. The minimum absolute atomic E-state index is 0.0348. The van der Waals surface area contributed by atoms with Gasteiger partial charge in [-0.15, -0.1) is 0 Å². The van der Waals surface area contributed by atoms with Crippen LogP contribution in [0.1, 0.15) is 69.4 Å². The lowest BCUT2D eigenvalue weighted by atomic mass is 9.82. The van der Waals surface area contributed by atoms with E-state index in [1.807, 2.05) is 6.92 Å². The lowest BCUT2D eigenvalue weighted by Gasteiger charge is -2.29. The average Bonchev–Trinajstić information content (AvgIpc) is 2.91. The number of benzene rings is 3. The molecule has 3 nitrogen and oxygen atoms in total. The Hall–Kier alpha value is -2.99. The molecule has 3 aromatic carbocycles. The molecule has 3 aromatic rings. The van der Waals surface area contributed by atoms with Gasteiger partial charge in [-0.1, -0.05) is 43.7 Å². The van der Waals surface area contributed by atoms with E-state index in [1.165, 1.54) is 6.07 Å². The van der Waals surface area contributed by atoms with Crippen LogP contribution < -0.4 is 9.47 Å². The molecule has 0 spiro atoms. The van der Waals surface area contributed by atoms with Crippen molar-refractivity contribution in [3.63, 3.8) is 0 Å². The van der Waals surface area contributed by atoms with Gasteiger partial charge in [0.25, 0.3) is 0 Å². The maximum absolute atomic E-state index is 15.1. The molecule has 0 bridgehead atoms. The number of ether oxygens (including phenoxy) is 3. The van der Waals surface area contributed by atoms with Gasteiger partial charge in [0, 0.05) is 17.2 Å². The summed E-state index contributed by atoms with van der Waals surface area (Å²) in [6.07, 6.45) is 4.79. The van der Waals surface area contributed by atoms with Crippen molar-refractivity contribution < 1.29 is 27.4 Å². The molecule has 6 heteroatoms. The molecule has 0 saturated heterocycles. The Morgan fingerprint density at radius 2 is 1.51 bits per heavy atom. The van der Waals surface area contributed by atoms with Gasteiger partial charge in [-0.25, -0.2) is 13.2 Å². The van der Waals surface area contributed by atoms with E-state index >= 15 is 8.78 Å². The smallest absolute Gasteiger partial charge is 0.166 e. The Morgan fingerprint density at radius 1 is 0.784 bits per heavy atom. The predicted molar refractivity (Wildman–Crippen MR) is 140 cm³/mol. The Kier molecular flexibility index (Phi) is 9.51. The lowest BCUT2D eigenvalue weighted by molar-refractivity contribution is 0.0118. The Morgan fingerprint density at radius 3 is 2.19 bits per heavy atom. The van der Waals surface area contributed by atoms with Crippen molar-refractivity contribution in [2.24, 2.45) is 0 Å². The van der Waals surface area contributed by atoms with Gasteiger partial charge in [-0.2, -0.15) is 0 Å². The lowest BCUT2D eigenvalue weighted by Crippen LogP contribution is -2.21. The Balaban J connectivity index is 1.33.